The lowest BCUT2D eigenvalue weighted by atomic mass is 10.1. The van der Waals surface area contributed by atoms with Crippen LogP contribution in [0.15, 0.2) is 36.5 Å². The van der Waals surface area contributed by atoms with Crippen molar-refractivity contribution >= 4 is 10.9 Å². The van der Waals surface area contributed by atoms with Gasteiger partial charge in [-0.15, -0.1) is 0 Å². The van der Waals surface area contributed by atoms with Crippen molar-refractivity contribution in [1.29, 1.82) is 0 Å². The van der Waals surface area contributed by atoms with Gasteiger partial charge in [-0.1, -0.05) is 18.2 Å². The Balaban J connectivity index is 1.81. The summed E-state index contributed by atoms with van der Waals surface area (Å²) in [4.78, 5) is 4.44. The molecule has 0 saturated carbocycles. The van der Waals surface area contributed by atoms with Crippen LogP contribution >= 0.6 is 0 Å². The fourth-order valence-electron chi connectivity index (χ4n) is 1.89. The van der Waals surface area contributed by atoms with Crippen LogP contribution < -0.4 is 5.32 Å². The van der Waals surface area contributed by atoms with Crippen LogP contribution in [0.5, 0.6) is 0 Å². The number of aromatic nitrogens is 1. The van der Waals surface area contributed by atoms with Crippen LogP contribution in [0, 0.1) is 0 Å². The van der Waals surface area contributed by atoms with Gasteiger partial charge in [-0.3, -0.25) is 4.98 Å². The third-order valence-electron chi connectivity index (χ3n) is 2.82. The Morgan fingerprint density at radius 3 is 3.06 bits per heavy atom. The smallest absolute Gasteiger partial charge is 0.0702 e. The van der Waals surface area contributed by atoms with Crippen LogP contribution in [0.3, 0.4) is 0 Å². The molecule has 0 aliphatic heterocycles. The molecule has 96 valence electrons. The van der Waals surface area contributed by atoms with Crippen molar-refractivity contribution in [3.8, 4) is 0 Å². The first-order valence-corrected chi connectivity index (χ1v) is 6.52. The van der Waals surface area contributed by atoms with Crippen LogP contribution in [0.2, 0.25) is 0 Å². The maximum absolute atomic E-state index is 5.29. The highest BCUT2D eigenvalue weighted by atomic mass is 16.5. The van der Waals surface area contributed by atoms with Gasteiger partial charge in [-0.2, -0.15) is 0 Å². The average Bonchev–Trinajstić information content (AvgIpc) is 2.42. The third-order valence-corrected chi connectivity index (χ3v) is 2.82. The zero-order valence-corrected chi connectivity index (χ0v) is 10.9. The second-order valence-electron chi connectivity index (χ2n) is 4.26. The molecule has 1 aromatic heterocycles. The monoisotopic (exact) mass is 244 g/mol. The number of fused-ring (bicyclic) bond motifs is 1. The van der Waals surface area contributed by atoms with Crippen LogP contribution in [0.1, 0.15) is 18.9 Å². The molecule has 0 unspecified atom stereocenters. The van der Waals surface area contributed by atoms with Crippen molar-refractivity contribution in [2.75, 3.05) is 19.8 Å². The molecular formula is C15H20N2O. The van der Waals surface area contributed by atoms with Gasteiger partial charge in [0.15, 0.2) is 0 Å². The van der Waals surface area contributed by atoms with E-state index in [4.69, 9.17) is 4.74 Å². The molecule has 3 heteroatoms. The van der Waals surface area contributed by atoms with Gasteiger partial charge in [0.2, 0.25) is 0 Å². The molecule has 1 aromatic carbocycles. The second kappa shape index (κ2) is 7.09. The van der Waals surface area contributed by atoms with Gasteiger partial charge < -0.3 is 10.1 Å². The number of hydrogen-bond donors (Lipinski definition) is 1. The molecule has 1 N–H and O–H groups in total. The van der Waals surface area contributed by atoms with Crippen molar-refractivity contribution in [2.24, 2.45) is 0 Å². The van der Waals surface area contributed by atoms with Crippen molar-refractivity contribution in [2.45, 2.75) is 19.9 Å². The Labute approximate surface area is 108 Å². The summed E-state index contributed by atoms with van der Waals surface area (Å²) >= 11 is 0. The van der Waals surface area contributed by atoms with Crippen LogP contribution in [-0.4, -0.2) is 24.7 Å². The highest BCUT2D eigenvalue weighted by Gasteiger charge is 1.97. The highest BCUT2D eigenvalue weighted by molar-refractivity contribution is 5.78. The zero-order valence-electron chi connectivity index (χ0n) is 10.9. The van der Waals surface area contributed by atoms with Crippen molar-refractivity contribution in [1.82, 2.24) is 10.3 Å². The second-order valence-corrected chi connectivity index (χ2v) is 4.26. The van der Waals surface area contributed by atoms with E-state index in [2.05, 4.69) is 22.4 Å². The van der Waals surface area contributed by atoms with Crippen molar-refractivity contribution < 1.29 is 4.74 Å². The number of nitrogens with one attached hydrogen (secondary N) is 1. The van der Waals surface area contributed by atoms with Gasteiger partial charge in [0.05, 0.1) is 5.52 Å². The van der Waals surface area contributed by atoms with Gasteiger partial charge in [-0.25, -0.2) is 0 Å². The first-order valence-electron chi connectivity index (χ1n) is 6.52. The number of benzene rings is 1. The van der Waals surface area contributed by atoms with E-state index in [1.54, 1.807) is 0 Å². The molecule has 2 aromatic rings. The summed E-state index contributed by atoms with van der Waals surface area (Å²) < 4.78 is 5.29. The van der Waals surface area contributed by atoms with Gasteiger partial charge >= 0.3 is 0 Å². The molecule has 3 nitrogen and oxygen atoms in total. The summed E-state index contributed by atoms with van der Waals surface area (Å²) in [6.07, 6.45) is 2.99. The number of pyridine rings is 1. The number of hydrogen-bond acceptors (Lipinski definition) is 3. The fourth-order valence-corrected chi connectivity index (χ4v) is 1.89. The number of rotatable bonds is 7. The van der Waals surface area contributed by atoms with E-state index >= 15 is 0 Å². The molecule has 0 atom stereocenters. The Morgan fingerprint density at radius 2 is 2.17 bits per heavy atom. The SMILES string of the molecule is CCOCCCNCc1cnc2ccccc2c1. The summed E-state index contributed by atoms with van der Waals surface area (Å²) in [5, 5.41) is 4.61. The van der Waals surface area contributed by atoms with Gasteiger partial charge in [0, 0.05) is 31.3 Å². The molecular weight excluding hydrogens is 224 g/mol. The number of nitrogens with zero attached hydrogens (tertiary/aromatic N) is 1. The average molecular weight is 244 g/mol. The topological polar surface area (TPSA) is 34.1 Å². The van der Waals surface area contributed by atoms with Crippen LogP contribution in [-0.2, 0) is 11.3 Å². The molecule has 0 bridgehead atoms. The van der Waals surface area contributed by atoms with E-state index in [0.717, 1.165) is 38.2 Å². The molecule has 2 rings (SSSR count). The summed E-state index contributed by atoms with van der Waals surface area (Å²) in [6, 6.07) is 10.4. The van der Waals surface area contributed by atoms with Gasteiger partial charge in [0.1, 0.15) is 0 Å². The van der Waals surface area contributed by atoms with E-state index in [-0.39, 0.29) is 0 Å². The summed E-state index contributed by atoms with van der Waals surface area (Å²) in [7, 11) is 0. The Bertz CT molecular complexity index is 485. The van der Waals surface area contributed by atoms with E-state index in [0.29, 0.717) is 0 Å². The Hall–Kier alpha value is -1.45. The standard InChI is InChI=1S/C15H20N2O/c1-2-18-9-5-8-16-11-13-10-14-6-3-4-7-15(14)17-12-13/h3-4,6-7,10,12,16H,2,5,8-9,11H2,1H3. The van der Waals surface area contributed by atoms with E-state index < -0.39 is 0 Å². The van der Waals surface area contributed by atoms with Gasteiger partial charge in [0.25, 0.3) is 0 Å². The maximum atomic E-state index is 5.29. The predicted molar refractivity (Wildman–Crippen MR) is 74.6 cm³/mol. The quantitative estimate of drug-likeness (QED) is 0.760. The Kier molecular flexibility index (Phi) is 5.12. The lowest BCUT2D eigenvalue weighted by Crippen LogP contribution is -2.16. The minimum absolute atomic E-state index is 0.800. The molecule has 0 aliphatic carbocycles. The normalized spacial score (nSPS) is 10.9. The summed E-state index contributed by atoms with van der Waals surface area (Å²) in [5.74, 6) is 0. The van der Waals surface area contributed by atoms with Crippen molar-refractivity contribution in [3.63, 3.8) is 0 Å². The van der Waals surface area contributed by atoms with Crippen LogP contribution in [0.4, 0.5) is 0 Å². The zero-order chi connectivity index (χ0) is 12.6. The fraction of sp³-hybridized carbons (Fsp3) is 0.400. The predicted octanol–water partition coefficient (Wildman–Crippen LogP) is 2.75. The molecule has 0 aliphatic rings. The minimum Gasteiger partial charge on any atom is -0.382 e. The molecule has 0 fully saturated rings. The van der Waals surface area contributed by atoms with E-state index in [1.165, 1.54) is 10.9 Å². The molecule has 0 radical (unpaired) electrons. The van der Waals surface area contributed by atoms with Gasteiger partial charge in [-0.05, 0) is 37.6 Å². The molecule has 0 saturated heterocycles. The molecule has 0 spiro atoms. The Morgan fingerprint density at radius 1 is 1.28 bits per heavy atom. The third kappa shape index (κ3) is 3.79. The summed E-state index contributed by atoms with van der Waals surface area (Å²) in [6.45, 7) is 5.50. The van der Waals surface area contributed by atoms with Crippen molar-refractivity contribution in [3.05, 3.63) is 42.1 Å². The first-order chi connectivity index (χ1) is 8.90. The number of para-hydroxylation sites is 1. The lowest BCUT2D eigenvalue weighted by Gasteiger charge is -2.06. The van der Waals surface area contributed by atoms with E-state index in [9.17, 15) is 0 Å². The molecule has 1 heterocycles. The number of ether oxygens (including phenoxy) is 1. The largest absolute Gasteiger partial charge is 0.382 e. The molecule has 18 heavy (non-hydrogen) atoms. The van der Waals surface area contributed by atoms with Crippen LogP contribution in [0.25, 0.3) is 10.9 Å². The first kappa shape index (κ1) is 13.0. The highest BCUT2D eigenvalue weighted by Crippen LogP contribution is 2.12. The minimum atomic E-state index is 0.800. The maximum Gasteiger partial charge on any atom is 0.0702 e. The molecule has 0 amide bonds. The lowest BCUT2D eigenvalue weighted by molar-refractivity contribution is 0.144. The summed E-state index contributed by atoms with van der Waals surface area (Å²) in [5.41, 5.74) is 2.28. The van der Waals surface area contributed by atoms with E-state index in [1.807, 2.05) is 31.3 Å².